The normalized spacial score (nSPS) is 11.6. The highest BCUT2D eigenvalue weighted by molar-refractivity contribution is 6.30. The number of carbonyl (C=O) groups excluding carboxylic acids is 2. The van der Waals surface area contributed by atoms with Crippen molar-refractivity contribution in [2.45, 2.75) is 13.0 Å². The van der Waals surface area contributed by atoms with Crippen molar-refractivity contribution in [3.8, 4) is 5.75 Å². The van der Waals surface area contributed by atoms with Crippen LogP contribution in [0.5, 0.6) is 5.75 Å². The first kappa shape index (κ1) is 16.8. The largest absolute Gasteiger partial charge is 0.484 e. The lowest BCUT2D eigenvalue weighted by Crippen LogP contribution is -2.39. The molecule has 6 heteroatoms. The van der Waals surface area contributed by atoms with Crippen molar-refractivity contribution in [3.63, 3.8) is 0 Å². The molecule has 0 aliphatic rings. The molecular weight excluding hydrogens is 316 g/mol. The van der Waals surface area contributed by atoms with Crippen molar-refractivity contribution in [1.29, 1.82) is 0 Å². The number of nitrogens with one attached hydrogen (secondary N) is 1. The van der Waals surface area contributed by atoms with Gasteiger partial charge < -0.3 is 15.8 Å². The average Bonchev–Trinajstić information content (AvgIpc) is 2.52. The van der Waals surface area contributed by atoms with Crippen LogP contribution in [0.15, 0.2) is 48.5 Å². The minimum Gasteiger partial charge on any atom is -0.484 e. The third-order valence-electron chi connectivity index (χ3n) is 3.22. The number of hydrogen-bond acceptors (Lipinski definition) is 3. The highest BCUT2D eigenvalue weighted by atomic mass is 35.5. The number of hydrogen-bond donors (Lipinski definition) is 2. The van der Waals surface area contributed by atoms with E-state index in [2.05, 4.69) is 5.32 Å². The number of carbonyl (C=O) groups is 2. The third kappa shape index (κ3) is 4.72. The third-order valence-corrected chi connectivity index (χ3v) is 3.45. The van der Waals surface area contributed by atoms with Crippen LogP contribution in [0, 0.1) is 6.92 Å². The summed E-state index contributed by atoms with van der Waals surface area (Å²) in [6.45, 7) is 1.61. The maximum atomic E-state index is 12.0. The number of halogens is 1. The van der Waals surface area contributed by atoms with E-state index in [1.54, 1.807) is 42.5 Å². The lowest BCUT2D eigenvalue weighted by Gasteiger charge is -2.16. The Morgan fingerprint density at radius 3 is 2.52 bits per heavy atom. The van der Waals surface area contributed by atoms with Gasteiger partial charge in [-0.3, -0.25) is 9.59 Å². The summed E-state index contributed by atoms with van der Waals surface area (Å²) in [4.78, 5) is 23.6. The molecule has 0 saturated heterocycles. The van der Waals surface area contributed by atoms with Crippen molar-refractivity contribution in [2.24, 2.45) is 5.73 Å². The van der Waals surface area contributed by atoms with Gasteiger partial charge in [-0.25, -0.2) is 0 Å². The van der Waals surface area contributed by atoms with Gasteiger partial charge in [0.05, 0.1) is 0 Å². The molecule has 5 nitrogen and oxygen atoms in total. The molecule has 0 heterocycles. The Kier molecular flexibility index (Phi) is 5.60. The molecule has 0 unspecified atom stereocenters. The van der Waals surface area contributed by atoms with E-state index < -0.39 is 17.9 Å². The molecule has 0 aliphatic heterocycles. The average molecular weight is 333 g/mol. The number of ether oxygens (including phenoxy) is 1. The molecule has 23 heavy (non-hydrogen) atoms. The molecule has 0 spiro atoms. The second-order valence-corrected chi connectivity index (χ2v) is 5.45. The Balaban J connectivity index is 1.98. The fourth-order valence-corrected chi connectivity index (χ4v) is 2.31. The molecule has 2 rings (SSSR count). The molecule has 0 aromatic heterocycles. The number of amides is 2. The van der Waals surface area contributed by atoms with Gasteiger partial charge in [-0.2, -0.15) is 0 Å². The van der Waals surface area contributed by atoms with Gasteiger partial charge in [0.1, 0.15) is 11.8 Å². The van der Waals surface area contributed by atoms with Crippen LogP contribution in [0.2, 0.25) is 5.02 Å². The maximum absolute atomic E-state index is 12.0. The minimum atomic E-state index is -0.890. The standard InChI is InChI=1S/C17H17ClN2O3/c1-11-9-13(18)7-8-14(11)23-10-15(21)20-16(17(19)22)12-5-3-2-4-6-12/h2-9,16H,10H2,1H3,(H2,19,22)(H,20,21)/t16-/m1/s1. The van der Waals surface area contributed by atoms with Crippen molar-refractivity contribution in [3.05, 3.63) is 64.7 Å². The van der Waals surface area contributed by atoms with Gasteiger partial charge in [0.25, 0.3) is 5.91 Å². The molecule has 0 saturated carbocycles. The molecule has 120 valence electrons. The summed E-state index contributed by atoms with van der Waals surface area (Å²) in [7, 11) is 0. The SMILES string of the molecule is Cc1cc(Cl)ccc1OCC(=O)N[C@@H](C(N)=O)c1ccccc1. The van der Waals surface area contributed by atoms with E-state index in [1.165, 1.54) is 0 Å². The van der Waals surface area contributed by atoms with E-state index >= 15 is 0 Å². The van der Waals surface area contributed by atoms with E-state index in [1.807, 2.05) is 13.0 Å². The van der Waals surface area contributed by atoms with E-state index in [0.29, 0.717) is 16.3 Å². The first-order valence-corrected chi connectivity index (χ1v) is 7.37. The zero-order valence-corrected chi connectivity index (χ0v) is 13.3. The second-order valence-electron chi connectivity index (χ2n) is 5.01. The molecule has 1 atom stereocenters. The number of aryl methyl sites for hydroxylation is 1. The molecule has 0 bridgehead atoms. The number of primary amides is 1. The number of rotatable bonds is 6. The van der Waals surface area contributed by atoms with Crippen LogP contribution < -0.4 is 15.8 Å². The number of benzene rings is 2. The van der Waals surface area contributed by atoms with Crippen molar-refractivity contribution < 1.29 is 14.3 Å². The van der Waals surface area contributed by atoms with E-state index in [0.717, 1.165) is 5.56 Å². The van der Waals surface area contributed by atoms with Gasteiger partial charge in [0.2, 0.25) is 5.91 Å². The van der Waals surface area contributed by atoms with Gasteiger partial charge in [-0.1, -0.05) is 41.9 Å². The first-order chi connectivity index (χ1) is 11.0. The summed E-state index contributed by atoms with van der Waals surface area (Å²) in [6.07, 6.45) is 0. The highest BCUT2D eigenvalue weighted by Gasteiger charge is 2.20. The summed E-state index contributed by atoms with van der Waals surface area (Å²) in [6, 6.07) is 13.0. The van der Waals surface area contributed by atoms with Gasteiger partial charge >= 0.3 is 0 Å². The zero-order chi connectivity index (χ0) is 16.8. The smallest absolute Gasteiger partial charge is 0.258 e. The van der Waals surface area contributed by atoms with Crippen LogP contribution in [0.25, 0.3) is 0 Å². The van der Waals surface area contributed by atoms with Crippen molar-refractivity contribution >= 4 is 23.4 Å². The summed E-state index contributed by atoms with van der Waals surface area (Å²) < 4.78 is 5.45. The van der Waals surface area contributed by atoms with Gasteiger partial charge in [-0.15, -0.1) is 0 Å². The molecule has 2 aromatic carbocycles. The molecule has 3 N–H and O–H groups in total. The summed E-state index contributed by atoms with van der Waals surface area (Å²) in [5.41, 5.74) is 6.80. The van der Waals surface area contributed by atoms with Crippen LogP contribution in [0.1, 0.15) is 17.2 Å². The minimum absolute atomic E-state index is 0.223. The Morgan fingerprint density at radius 1 is 1.22 bits per heavy atom. The van der Waals surface area contributed by atoms with Gasteiger partial charge in [-0.05, 0) is 36.2 Å². The van der Waals surface area contributed by atoms with Crippen LogP contribution >= 0.6 is 11.6 Å². The molecule has 0 fully saturated rings. The van der Waals surface area contributed by atoms with E-state index in [-0.39, 0.29) is 6.61 Å². The molecule has 0 radical (unpaired) electrons. The fraction of sp³-hybridized carbons (Fsp3) is 0.176. The Hall–Kier alpha value is -2.53. The summed E-state index contributed by atoms with van der Waals surface area (Å²) in [5.74, 6) is -0.515. The van der Waals surface area contributed by atoms with E-state index in [9.17, 15) is 9.59 Å². The zero-order valence-electron chi connectivity index (χ0n) is 12.6. The molecule has 2 aromatic rings. The topological polar surface area (TPSA) is 81.4 Å². The van der Waals surface area contributed by atoms with Gasteiger partial charge in [0.15, 0.2) is 6.61 Å². The van der Waals surface area contributed by atoms with Crippen LogP contribution in [0.3, 0.4) is 0 Å². The first-order valence-electron chi connectivity index (χ1n) is 7.00. The van der Waals surface area contributed by atoms with Crippen molar-refractivity contribution in [1.82, 2.24) is 5.32 Å². The quantitative estimate of drug-likeness (QED) is 0.852. The second kappa shape index (κ2) is 7.65. The highest BCUT2D eigenvalue weighted by Crippen LogP contribution is 2.21. The predicted octanol–water partition coefficient (Wildman–Crippen LogP) is 2.37. The Labute approximate surface area is 139 Å². The monoisotopic (exact) mass is 332 g/mol. The summed E-state index contributed by atoms with van der Waals surface area (Å²) >= 11 is 5.86. The van der Waals surface area contributed by atoms with E-state index in [4.69, 9.17) is 22.1 Å². The van der Waals surface area contributed by atoms with Gasteiger partial charge in [0, 0.05) is 5.02 Å². The molecule has 0 aliphatic carbocycles. The van der Waals surface area contributed by atoms with Crippen LogP contribution in [0.4, 0.5) is 0 Å². The Bertz CT molecular complexity index is 704. The lowest BCUT2D eigenvalue weighted by molar-refractivity contribution is -0.128. The number of nitrogens with two attached hydrogens (primary N) is 1. The fourth-order valence-electron chi connectivity index (χ4n) is 2.08. The lowest BCUT2D eigenvalue weighted by atomic mass is 10.1. The predicted molar refractivity (Wildman–Crippen MR) is 88.2 cm³/mol. The maximum Gasteiger partial charge on any atom is 0.258 e. The van der Waals surface area contributed by atoms with Crippen molar-refractivity contribution in [2.75, 3.05) is 6.61 Å². The van der Waals surface area contributed by atoms with Crippen LogP contribution in [-0.4, -0.2) is 18.4 Å². The summed E-state index contributed by atoms with van der Waals surface area (Å²) in [5, 5.41) is 3.16. The van der Waals surface area contributed by atoms with Crippen LogP contribution in [-0.2, 0) is 9.59 Å². The molecular formula is C17H17ClN2O3. The molecule has 2 amide bonds. The Morgan fingerprint density at radius 2 is 1.91 bits per heavy atom.